The third-order valence-corrected chi connectivity index (χ3v) is 13.4. The number of aliphatic hydroxyl groups is 1. The molecule has 41 heavy (non-hydrogen) atoms. The molecule has 13 nitrogen and oxygen atoms in total. The van der Waals surface area contributed by atoms with Gasteiger partial charge in [-0.2, -0.15) is 4.98 Å². The number of nitrogens with zero attached hydrogens (tertiary/aromatic N) is 3. The quantitative estimate of drug-likeness (QED) is 0.248. The minimum Gasteiger partial charge on any atom is -0.566 e. The molecule has 4 heterocycles. The zero-order valence-electron chi connectivity index (χ0n) is 24.2. The number of aliphatic hydroxyl groups excluding tert-OH is 1. The topological polar surface area (TPSA) is 186 Å². The average molecular weight is 626 g/mol. The third-order valence-electron chi connectivity index (χ3n) is 6.99. The number of aromatic nitrogens is 5. The zero-order valence-corrected chi connectivity index (χ0v) is 26.9. The highest BCUT2D eigenvalue weighted by Crippen LogP contribution is 2.50. The summed E-state index contributed by atoms with van der Waals surface area (Å²) in [7, 11) is -5.63. The summed E-state index contributed by atoms with van der Waals surface area (Å²) in [5.74, 6) is -0.719. The lowest BCUT2D eigenvalue weighted by Gasteiger charge is -2.40. The van der Waals surface area contributed by atoms with Gasteiger partial charge in [0.25, 0.3) is 5.56 Å². The van der Waals surface area contributed by atoms with Gasteiger partial charge in [0, 0.05) is 18.1 Å². The van der Waals surface area contributed by atoms with E-state index in [1.54, 1.807) is 13.8 Å². The van der Waals surface area contributed by atoms with Gasteiger partial charge in [0.05, 0.1) is 24.3 Å². The molecule has 224 valence electrons. The van der Waals surface area contributed by atoms with E-state index < -0.39 is 45.0 Å². The van der Waals surface area contributed by atoms with Crippen molar-refractivity contribution in [2.45, 2.75) is 75.6 Å². The second-order valence-corrected chi connectivity index (χ2v) is 18.1. The minimum absolute atomic E-state index is 0.0210. The van der Waals surface area contributed by atoms with Crippen LogP contribution in [0, 0.1) is 5.92 Å². The summed E-state index contributed by atoms with van der Waals surface area (Å²) in [4.78, 5) is 50.3. The Labute approximate surface area is 244 Å². The van der Waals surface area contributed by atoms with Gasteiger partial charge < -0.3 is 14.4 Å². The molecule has 3 aromatic heterocycles. The van der Waals surface area contributed by atoms with Gasteiger partial charge in [0.1, 0.15) is 5.37 Å². The van der Waals surface area contributed by atoms with Crippen LogP contribution >= 0.6 is 20.0 Å². The molecule has 5 atom stereocenters. The van der Waals surface area contributed by atoms with E-state index >= 15 is 0 Å². The maximum absolute atomic E-state index is 12.6. The van der Waals surface area contributed by atoms with E-state index in [1.807, 2.05) is 43.7 Å². The van der Waals surface area contributed by atoms with Gasteiger partial charge in [0.2, 0.25) is 11.9 Å². The Bertz CT molecular complexity index is 1370. The summed E-state index contributed by atoms with van der Waals surface area (Å²) in [5.41, 5.74) is -0.395. The number of amides is 1. The molecule has 0 bridgehead atoms. The second kappa shape index (κ2) is 13.6. The van der Waals surface area contributed by atoms with Gasteiger partial charge in [-0.15, -0.1) is 16.3 Å². The highest BCUT2D eigenvalue weighted by Gasteiger charge is 2.53. The van der Waals surface area contributed by atoms with E-state index in [0.717, 1.165) is 0 Å². The number of carbonyl (C=O) groups excluding carboxylic acids is 1. The molecule has 16 heteroatoms. The van der Waals surface area contributed by atoms with Crippen molar-refractivity contribution in [2.24, 2.45) is 5.92 Å². The van der Waals surface area contributed by atoms with Crippen LogP contribution in [0.3, 0.4) is 0 Å². The first-order valence-corrected chi connectivity index (χ1v) is 18.0. The molecule has 0 radical (unpaired) electrons. The van der Waals surface area contributed by atoms with E-state index in [2.05, 4.69) is 46.0 Å². The summed E-state index contributed by atoms with van der Waals surface area (Å²) < 4.78 is 25.1. The smallest absolute Gasteiger partial charge is 0.488 e. The van der Waals surface area contributed by atoms with Crippen LogP contribution in [0.4, 0.5) is 5.95 Å². The second-order valence-electron chi connectivity index (χ2n) is 11.3. The normalized spacial score (nSPS) is 21.5. The monoisotopic (exact) mass is 625 g/mol. The Morgan fingerprint density at radius 1 is 1.29 bits per heavy atom. The molecule has 1 unspecified atom stereocenters. The SMILES string of the molecule is CC(C)C(=O)Nc1nc2c(ncn2[C@@H]2S[C@H](CO)[C@@H](O[Si](C)(C)C(C)(C)C)[C@H]2O[P+](=O)[O-])c(=O)[nH]1.c1cc[nH+]cc1. The maximum Gasteiger partial charge on any atom is 0.488 e. The number of aromatic amines is 2. The van der Waals surface area contributed by atoms with Crippen LogP contribution in [0.15, 0.2) is 41.7 Å². The number of imidazole rings is 1. The Hall–Kier alpha value is -2.52. The predicted octanol–water partition coefficient (Wildman–Crippen LogP) is 2.61. The predicted molar refractivity (Wildman–Crippen MR) is 157 cm³/mol. The van der Waals surface area contributed by atoms with E-state index in [4.69, 9.17) is 8.95 Å². The Morgan fingerprint density at radius 2 is 1.95 bits per heavy atom. The lowest BCUT2D eigenvalue weighted by atomic mass is 10.1. The van der Waals surface area contributed by atoms with Crippen molar-refractivity contribution in [3.63, 3.8) is 0 Å². The van der Waals surface area contributed by atoms with Crippen LogP contribution in [0.2, 0.25) is 18.1 Å². The Kier molecular flexibility index (Phi) is 11.0. The number of nitrogens with one attached hydrogen (secondary N) is 3. The number of fused-ring (bicyclic) bond motifs is 1. The maximum atomic E-state index is 12.6. The number of rotatable bonds is 8. The molecule has 1 aliphatic heterocycles. The van der Waals surface area contributed by atoms with Crippen molar-refractivity contribution in [3.05, 3.63) is 47.3 Å². The van der Waals surface area contributed by atoms with Crippen LogP contribution in [0.1, 0.15) is 40.0 Å². The number of hydrogen-bond donors (Lipinski definition) is 3. The molecular formula is C25H38N6O7PSSi+. The van der Waals surface area contributed by atoms with E-state index in [0.29, 0.717) is 0 Å². The van der Waals surface area contributed by atoms with E-state index in [9.17, 15) is 24.2 Å². The summed E-state index contributed by atoms with van der Waals surface area (Å²) in [6.07, 6.45) is 3.39. The van der Waals surface area contributed by atoms with Gasteiger partial charge in [-0.1, -0.05) is 40.7 Å². The van der Waals surface area contributed by atoms with Gasteiger partial charge in [-0.25, -0.2) is 9.97 Å². The third kappa shape index (κ3) is 8.06. The van der Waals surface area contributed by atoms with Crippen molar-refractivity contribution >= 4 is 51.4 Å². The fourth-order valence-electron chi connectivity index (χ4n) is 3.72. The van der Waals surface area contributed by atoms with E-state index in [1.165, 1.54) is 22.7 Å². The lowest BCUT2D eigenvalue weighted by molar-refractivity contribution is -0.377. The number of pyridine rings is 1. The highest BCUT2D eigenvalue weighted by molar-refractivity contribution is 8.00. The number of anilines is 1. The van der Waals surface area contributed by atoms with Crippen molar-refractivity contribution < 1.29 is 33.3 Å². The van der Waals surface area contributed by atoms with Crippen LogP contribution < -0.4 is 20.8 Å². The van der Waals surface area contributed by atoms with Gasteiger partial charge >= 0.3 is 8.25 Å². The zero-order chi connectivity index (χ0) is 30.5. The van der Waals surface area contributed by atoms with Gasteiger partial charge in [0.15, 0.2) is 38.0 Å². The molecule has 0 aromatic carbocycles. The van der Waals surface area contributed by atoms with Crippen LogP contribution in [0.5, 0.6) is 0 Å². The number of thioether (sulfide) groups is 1. The molecule has 3 aromatic rings. The number of carbonyl (C=O) groups is 1. The highest BCUT2D eigenvalue weighted by atomic mass is 32.2. The molecule has 4 rings (SSSR count). The standard InChI is InChI=1S/C20H32N5O7PSSi.C5H5N/c1-10(2)16(27)23-19-22-15-12(17(28)24-19)21-9-25(15)18-14(31-33(29)30)13(11(8-26)34-18)32-35(6,7)20(3,4)5;1-2-4-6-5-3-1/h9-11,13-14,18,26H,8H2,1-7H3,(H2,22,23,24,27,28);1-5H/p+1/t11-,13-,14-,18-;/m1./s1. The molecule has 1 fully saturated rings. The number of hydrogen-bond acceptors (Lipinski definition) is 10. The summed E-state index contributed by atoms with van der Waals surface area (Å²) in [5, 5.41) is 11.3. The van der Waals surface area contributed by atoms with Crippen LogP contribution in [-0.2, 0) is 18.3 Å². The van der Waals surface area contributed by atoms with E-state index in [-0.39, 0.29) is 40.6 Å². The molecular weight excluding hydrogens is 587 g/mol. The summed E-state index contributed by atoms with van der Waals surface area (Å²) in [6.45, 7) is 13.4. The van der Waals surface area contributed by atoms with Crippen molar-refractivity contribution in [1.29, 1.82) is 0 Å². The van der Waals surface area contributed by atoms with Gasteiger partial charge in [-0.3, -0.25) is 24.5 Å². The van der Waals surface area contributed by atoms with Gasteiger partial charge in [-0.05, 0) is 22.7 Å². The van der Waals surface area contributed by atoms with Crippen LogP contribution in [0.25, 0.3) is 11.2 Å². The van der Waals surface area contributed by atoms with Crippen molar-refractivity contribution in [3.8, 4) is 0 Å². The van der Waals surface area contributed by atoms with Crippen LogP contribution in [-0.4, -0.2) is 62.9 Å². The fourth-order valence-corrected chi connectivity index (χ4v) is 7.13. The Morgan fingerprint density at radius 3 is 2.44 bits per heavy atom. The molecule has 0 spiro atoms. The molecule has 1 saturated heterocycles. The summed E-state index contributed by atoms with van der Waals surface area (Å²) >= 11 is 1.26. The minimum atomic E-state index is -3.25. The number of H-pyrrole nitrogens is 2. The molecule has 4 N–H and O–H groups in total. The average Bonchev–Trinajstić information content (AvgIpc) is 3.45. The Balaban J connectivity index is 0.000000681. The molecule has 0 aliphatic carbocycles. The first kappa shape index (κ1) is 33.0. The lowest BCUT2D eigenvalue weighted by Crippen LogP contribution is -2.49. The fraction of sp³-hybridized carbons (Fsp3) is 0.560. The van der Waals surface area contributed by atoms with Crippen molar-refractivity contribution in [1.82, 2.24) is 19.5 Å². The molecule has 0 saturated carbocycles. The molecule has 1 aliphatic rings. The van der Waals surface area contributed by atoms with Crippen molar-refractivity contribution in [2.75, 3.05) is 11.9 Å². The largest absolute Gasteiger partial charge is 0.566 e. The summed E-state index contributed by atoms with van der Waals surface area (Å²) in [6, 6.07) is 5.86. The first-order valence-electron chi connectivity index (χ1n) is 13.1. The first-order chi connectivity index (χ1) is 19.2. The molecule has 1 amide bonds.